The fourth-order valence-corrected chi connectivity index (χ4v) is 2.61. The fourth-order valence-electron chi connectivity index (χ4n) is 2.61. The smallest absolute Gasteiger partial charge is 0.239 e. The highest BCUT2D eigenvalue weighted by Gasteiger charge is 2.20. The lowest BCUT2D eigenvalue weighted by molar-refractivity contribution is -0.126. The van der Waals surface area contributed by atoms with E-state index in [4.69, 9.17) is 9.47 Å². The third kappa shape index (κ3) is 5.42. The van der Waals surface area contributed by atoms with Crippen molar-refractivity contribution in [3.8, 4) is 11.5 Å². The van der Waals surface area contributed by atoms with Crippen LogP contribution in [0.5, 0.6) is 11.5 Å². The van der Waals surface area contributed by atoms with Crippen molar-refractivity contribution in [2.75, 3.05) is 19.8 Å². The summed E-state index contributed by atoms with van der Waals surface area (Å²) in [6.45, 7) is 4.09. The van der Waals surface area contributed by atoms with Gasteiger partial charge in [0.2, 0.25) is 5.91 Å². The molecule has 26 heavy (non-hydrogen) atoms. The van der Waals surface area contributed by atoms with Crippen LogP contribution < -0.4 is 15.4 Å². The minimum absolute atomic E-state index is 0. The molecule has 1 aliphatic rings. The van der Waals surface area contributed by atoms with E-state index >= 15 is 0 Å². The molecule has 5 nitrogen and oxygen atoms in total. The number of halogens is 2. The summed E-state index contributed by atoms with van der Waals surface area (Å²) in [6.07, 6.45) is 0. The number of amides is 1. The zero-order valence-corrected chi connectivity index (χ0v) is 15.3. The van der Waals surface area contributed by atoms with Crippen LogP contribution in [0.2, 0.25) is 0 Å². The largest absolute Gasteiger partial charge is 0.457 e. The summed E-state index contributed by atoms with van der Waals surface area (Å²) < 4.78 is 24.0. The molecule has 2 aromatic rings. The molecule has 2 aromatic carbocycles. The summed E-state index contributed by atoms with van der Waals surface area (Å²) in [5, 5.41) is 6.03. The summed E-state index contributed by atoms with van der Waals surface area (Å²) in [6, 6.07) is 11.3. The van der Waals surface area contributed by atoms with Gasteiger partial charge in [0.25, 0.3) is 0 Å². The van der Waals surface area contributed by atoms with E-state index in [1.807, 2.05) is 25.1 Å². The molecule has 0 spiro atoms. The van der Waals surface area contributed by atoms with Crippen molar-refractivity contribution in [3.05, 3.63) is 59.4 Å². The summed E-state index contributed by atoms with van der Waals surface area (Å²) >= 11 is 0. The second kappa shape index (κ2) is 9.52. The molecular formula is C19H22ClFN2O3. The maximum absolute atomic E-state index is 12.9. The Morgan fingerprint density at radius 1 is 1.31 bits per heavy atom. The van der Waals surface area contributed by atoms with Crippen molar-refractivity contribution >= 4 is 18.3 Å². The average molecular weight is 381 g/mol. The van der Waals surface area contributed by atoms with Crippen LogP contribution in [0, 0.1) is 12.7 Å². The molecule has 1 saturated heterocycles. The maximum atomic E-state index is 12.9. The standard InChI is InChI=1S/C19H21FN2O3.ClH/c1-13-10-14(11-22-19(23)17-12-24-9-8-21-17)2-7-18(13)25-16-5-3-15(20)4-6-16;/h2-7,10,17,21H,8-9,11-12H2,1H3,(H,22,23);1H. The number of ether oxygens (including phenoxy) is 2. The quantitative estimate of drug-likeness (QED) is 0.837. The van der Waals surface area contributed by atoms with Gasteiger partial charge in [0.1, 0.15) is 23.4 Å². The number of aryl methyl sites for hydroxylation is 1. The zero-order chi connectivity index (χ0) is 17.6. The Morgan fingerprint density at radius 3 is 2.73 bits per heavy atom. The topological polar surface area (TPSA) is 59.6 Å². The van der Waals surface area contributed by atoms with Gasteiger partial charge >= 0.3 is 0 Å². The Kier molecular flexibility index (Phi) is 7.38. The van der Waals surface area contributed by atoms with Gasteiger partial charge in [0, 0.05) is 13.1 Å². The van der Waals surface area contributed by atoms with Gasteiger partial charge in [-0.1, -0.05) is 12.1 Å². The number of rotatable bonds is 5. The van der Waals surface area contributed by atoms with Gasteiger partial charge in [0.15, 0.2) is 0 Å². The van der Waals surface area contributed by atoms with Crippen LogP contribution in [0.15, 0.2) is 42.5 Å². The third-order valence-corrected chi connectivity index (χ3v) is 3.99. The van der Waals surface area contributed by atoms with Crippen LogP contribution in [-0.4, -0.2) is 31.7 Å². The second-order valence-corrected chi connectivity index (χ2v) is 5.96. The minimum Gasteiger partial charge on any atom is -0.457 e. The molecule has 1 atom stereocenters. The molecule has 3 rings (SSSR count). The van der Waals surface area contributed by atoms with Crippen LogP contribution in [0.25, 0.3) is 0 Å². The average Bonchev–Trinajstić information content (AvgIpc) is 2.64. The van der Waals surface area contributed by atoms with E-state index in [1.165, 1.54) is 12.1 Å². The van der Waals surface area contributed by atoms with E-state index in [-0.39, 0.29) is 30.2 Å². The number of nitrogens with one attached hydrogen (secondary N) is 2. The molecule has 1 unspecified atom stereocenters. The lowest BCUT2D eigenvalue weighted by Gasteiger charge is -2.23. The van der Waals surface area contributed by atoms with Crippen molar-refractivity contribution < 1.29 is 18.7 Å². The van der Waals surface area contributed by atoms with Gasteiger partial charge in [-0.05, 0) is 48.4 Å². The zero-order valence-electron chi connectivity index (χ0n) is 14.5. The number of morpholine rings is 1. The van der Waals surface area contributed by atoms with E-state index in [2.05, 4.69) is 10.6 Å². The normalized spacial score (nSPS) is 16.5. The van der Waals surface area contributed by atoms with Crippen molar-refractivity contribution in [1.29, 1.82) is 0 Å². The number of hydrogen-bond acceptors (Lipinski definition) is 4. The molecule has 1 fully saturated rings. The first kappa shape index (κ1) is 20.2. The number of carbonyl (C=O) groups is 1. The Hall–Kier alpha value is -2.15. The van der Waals surface area contributed by atoms with Gasteiger partial charge in [-0.2, -0.15) is 0 Å². The van der Waals surface area contributed by atoms with Crippen molar-refractivity contribution in [2.45, 2.75) is 19.5 Å². The van der Waals surface area contributed by atoms with Crippen molar-refractivity contribution in [1.82, 2.24) is 10.6 Å². The highest BCUT2D eigenvalue weighted by Crippen LogP contribution is 2.25. The van der Waals surface area contributed by atoms with E-state index in [1.54, 1.807) is 12.1 Å². The van der Waals surface area contributed by atoms with E-state index < -0.39 is 0 Å². The molecule has 7 heteroatoms. The minimum atomic E-state index is -0.298. The Bertz CT molecular complexity index is 734. The summed E-state index contributed by atoms with van der Waals surface area (Å²) in [5.41, 5.74) is 1.92. The predicted molar refractivity (Wildman–Crippen MR) is 99.4 cm³/mol. The van der Waals surface area contributed by atoms with Crippen LogP contribution in [-0.2, 0) is 16.1 Å². The maximum Gasteiger partial charge on any atom is 0.239 e. The highest BCUT2D eigenvalue weighted by atomic mass is 35.5. The lowest BCUT2D eigenvalue weighted by Crippen LogP contribution is -2.51. The van der Waals surface area contributed by atoms with Crippen LogP contribution in [0.3, 0.4) is 0 Å². The van der Waals surface area contributed by atoms with Gasteiger partial charge in [-0.25, -0.2) is 4.39 Å². The number of carbonyl (C=O) groups excluding carboxylic acids is 1. The van der Waals surface area contributed by atoms with Crippen LogP contribution in [0.1, 0.15) is 11.1 Å². The molecule has 2 N–H and O–H groups in total. The van der Waals surface area contributed by atoms with Gasteiger partial charge < -0.3 is 20.1 Å². The molecule has 0 aromatic heterocycles. The third-order valence-electron chi connectivity index (χ3n) is 3.99. The van der Waals surface area contributed by atoms with Crippen LogP contribution in [0.4, 0.5) is 4.39 Å². The first-order chi connectivity index (χ1) is 12.1. The molecule has 1 amide bonds. The number of hydrogen-bond donors (Lipinski definition) is 2. The molecule has 140 valence electrons. The Morgan fingerprint density at radius 2 is 2.08 bits per heavy atom. The molecule has 0 radical (unpaired) electrons. The van der Waals surface area contributed by atoms with E-state index in [0.29, 0.717) is 37.8 Å². The number of benzene rings is 2. The lowest BCUT2D eigenvalue weighted by atomic mass is 10.1. The van der Waals surface area contributed by atoms with Gasteiger partial charge in [-0.15, -0.1) is 12.4 Å². The molecule has 1 heterocycles. The SMILES string of the molecule is Cc1cc(CNC(=O)C2COCCN2)ccc1Oc1ccc(F)cc1.Cl. The first-order valence-corrected chi connectivity index (χ1v) is 8.23. The van der Waals surface area contributed by atoms with Crippen molar-refractivity contribution in [3.63, 3.8) is 0 Å². The first-order valence-electron chi connectivity index (χ1n) is 8.23. The molecule has 0 aliphatic carbocycles. The van der Waals surface area contributed by atoms with Crippen LogP contribution >= 0.6 is 12.4 Å². The van der Waals surface area contributed by atoms with E-state index in [0.717, 1.165) is 11.1 Å². The Labute approximate surface area is 158 Å². The Balaban J connectivity index is 0.00000243. The second-order valence-electron chi connectivity index (χ2n) is 5.96. The van der Waals surface area contributed by atoms with E-state index in [9.17, 15) is 9.18 Å². The predicted octanol–water partition coefficient (Wildman–Crippen LogP) is 2.95. The van der Waals surface area contributed by atoms with Gasteiger partial charge in [0.05, 0.1) is 13.2 Å². The molecule has 1 aliphatic heterocycles. The molecule has 0 bridgehead atoms. The summed E-state index contributed by atoms with van der Waals surface area (Å²) in [4.78, 5) is 12.1. The molecule has 0 saturated carbocycles. The summed E-state index contributed by atoms with van der Waals surface area (Å²) in [7, 11) is 0. The molecular weight excluding hydrogens is 359 g/mol. The monoisotopic (exact) mass is 380 g/mol. The highest BCUT2D eigenvalue weighted by molar-refractivity contribution is 5.85. The fraction of sp³-hybridized carbons (Fsp3) is 0.316. The van der Waals surface area contributed by atoms with Crippen molar-refractivity contribution in [2.24, 2.45) is 0 Å². The van der Waals surface area contributed by atoms with Gasteiger partial charge in [-0.3, -0.25) is 4.79 Å². The summed E-state index contributed by atoms with van der Waals surface area (Å²) in [5.74, 6) is 0.912.